The predicted molar refractivity (Wildman–Crippen MR) is 185 cm³/mol. The van der Waals surface area contributed by atoms with Crippen molar-refractivity contribution < 1.29 is 34.1 Å². The molecule has 3 aromatic carbocycles. The van der Waals surface area contributed by atoms with Gasteiger partial charge in [-0.05, 0) is 88.4 Å². The summed E-state index contributed by atoms with van der Waals surface area (Å²) in [5.74, 6) is 3.16. The highest BCUT2D eigenvalue weighted by atomic mass is 32.3. The lowest BCUT2D eigenvalue weighted by Gasteiger charge is -2.21. The molecule has 0 saturated carbocycles. The van der Waals surface area contributed by atoms with Crippen LogP contribution in [0.4, 0.5) is 0 Å². The minimum atomic E-state index is -4.54. The Kier molecular flexibility index (Phi) is 10.4. The number of aryl methyl sites for hydroxylation is 3. The van der Waals surface area contributed by atoms with Crippen LogP contribution in [0.5, 0.6) is 0 Å². The average molecular weight is 721 g/mol. The van der Waals surface area contributed by atoms with E-state index in [4.69, 9.17) is 15.3 Å². The molecule has 1 atom stereocenters. The molecule has 0 fully saturated rings. The first-order valence-corrected chi connectivity index (χ1v) is 19.5. The smallest absolute Gasteiger partial charge is 0.256 e. The minimum Gasteiger partial charge on any atom is -0.464 e. The van der Waals surface area contributed by atoms with Crippen LogP contribution in [0.3, 0.4) is 0 Å². The molecule has 256 valence electrons. The van der Waals surface area contributed by atoms with Crippen molar-refractivity contribution in [2.45, 2.75) is 61.4 Å². The van der Waals surface area contributed by atoms with Gasteiger partial charge in [-0.1, -0.05) is 62.7 Å². The Morgan fingerprint density at radius 3 is 1.33 bits per heavy atom. The van der Waals surface area contributed by atoms with Crippen LogP contribution in [0.15, 0.2) is 121 Å². The molecule has 5 aromatic rings. The summed E-state index contributed by atoms with van der Waals surface area (Å²) in [4.78, 5) is -0.250. The number of hydrogen-bond donors (Lipinski definition) is 0. The summed E-state index contributed by atoms with van der Waals surface area (Å²) in [7, 11) is -13.0. The van der Waals surface area contributed by atoms with Gasteiger partial charge in [0, 0.05) is 0 Å². The summed E-state index contributed by atoms with van der Waals surface area (Å²) in [5, 5.41) is 0. The zero-order valence-electron chi connectivity index (χ0n) is 27.4. The maximum absolute atomic E-state index is 13.8. The lowest BCUT2D eigenvalue weighted by atomic mass is 10.1. The van der Waals surface area contributed by atoms with Crippen LogP contribution in [0, 0.1) is 33.1 Å². The number of benzene rings is 3. The van der Waals surface area contributed by atoms with E-state index < -0.39 is 42.5 Å². The van der Waals surface area contributed by atoms with Crippen molar-refractivity contribution in [1.82, 2.24) is 8.02 Å². The van der Waals surface area contributed by atoms with Crippen molar-refractivity contribution >= 4 is 30.1 Å². The molecule has 0 aliphatic carbocycles. The van der Waals surface area contributed by atoms with E-state index in [0.29, 0.717) is 21.0 Å². The minimum absolute atomic E-state index is 0.0874. The van der Waals surface area contributed by atoms with E-state index >= 15 is 0 Å². The third-order valence-electron chi connectivity index (χ3n) is 7.94. The van der Waals surface area contributed by atoms with E-state index in [0.717, 1.165) is 21.0 Å². The normalized spacial score (nSPS) is 13.1. The summed E-state index contributed by atoms with van der Waals surface area (Å²) in [6, 6.07) is 24.8. The van der Waals surface area contributed by atoms with E-state index in [1.165, 1.54) is 42.5 Å². The molecule has 5 rings (SSSR count). The fourth-order valence-corrected chi connectivity index (χ4v) is 9.90. The summed E-state index contributed by atoms with van der Waals surface area (Å²) in [6.07, 6.45) is 5.50. The van der Waals surface area contributed by atoms with Gasteiger partial charge in [0.2, 0.25) is 10.0 Å². The largest absolute Gasteiger partial charge is 0.464 e. The van der Waals surface area contributed by atoms with Gasteiger partial charge in [0.05, 0.1) is 40.2 Å². The predicted octanol–water partition coefficient (Wildman–Crippen LogP) is 6.35. The van der Waals surface area contributed by atoms with Crippen LogP contribution < -0.4 is 0 Å². The number of sulfonamides is 3. The van der Waals surface area contributed by atoms with Crippen molar-refractivity contribution in [3.05, 3.63) is 137 Å². The molecule has 0 saturated heterocycles. The van der Waals surface area contributed by atoms with Gasteiger partial charge < -0.3 is 8.83 Å². The van der Waals surface area contributed by atoms with Crippen LogP contribution in [-0.4, -0.2) is 39.8 Å². The van der Waals surface area contributed by atoms with Gasteiger partial charge in [-0.2, -0.15) is 4.31 Å². The zero-order valence-corrected chi connectivity index (χ0v) is 29.8. The van der Waals surface area contributed by atoms with Gasteiger partial charge in [-0.15, -0.1) is 6.42 Å². The number of furan rings is 2. The molecule has 2 heterocycles. The second kappa shape index (κ2) is 14.2. The third kappa shape index (κ3) is 7.74. The number of hydrogen-bond acceptors (Lipinski definition) is 8. The van der Waals surface area contributed by atoms with E-state index in [9.17, 15) is 25.3 Å². The molecule has 0 aliphatic rings. The van der Waals surface area contributed by atoms with Crippen LogP contribution in [0.25, 0.3) is 0 Å². The summed E-state index contributed by atoms with van der Waals surface area (Å²) in [6.45, 7) is 6.37. The number of terminal acetylenes is 1. The highest BCUT2D eigenvalue weighted by Crippen LogP contribution is 2.32. The fourth-order valence-electron chi connectivity index (χ4n) is 5.01. The molecule has 0 aliphatic heterocycles. The number of rotatable bonds is 13. The molecule has 49 heavy (non-hydrogen) atoms. The van der Waals surface area contributed by atoms with Crippen LogP contribution >= 0.6 is 0 Å². The SMILES string of the molecule is C#CCN(Cc1ccc(C(C)c2ccc(CN(S(=O)(=O)c3ccc(C)cc3)S(=O)(=O)c3ccc(C)cc3)o2)o1)S(=O)(=O)c1ccc(C)cc1. The molecular weight excluding hydrogens is 685 g/mol. The number of nitrogens with zero attached hydrogens (tertiary/aromatic N) is 2. The Morgan fingerprint density at radius 1 is 0.571 bits per heavy atom. The fraction of sp³-hybridized carbons (Fsp3) is 0.222. The monoisotopic (exact) mass is 720 g/mol. The summed E-state index contributed by atoms with van der Waals surface area (Å²) >= 11 is 0. The van der Waals surface area contributed by atoms with E-state index in [1.807, 2.05) is 6.92 Å². The zero-order chi connectivity index (χ0) is 35.6. The topological polar surface area (TPSA) is 135 Å². The molecule has 1 unspecified atom stereocenters. The van der Waals surface area contributed by atoms with Gasteiger partial charge in [-0.3, -0.25) is 0 Å². The molecule has 0 N–H and O–H groups in total. The van der Waals surface area contributed by atoms with Crippen LogP contribution in [0.2, 0.25) is 0 Å². The quantitative estimate of drug-likeness (QED) is 0.128. The van der Waals surface area contributed by atoms with Crippen LogP contribution in [-0.2, 0) is 43.2 Å². The highest BCUT2D eigenvalue weighted by Gasteiger charge is 2.38. The molecule has 0 amide bonds. The maximum Gasteiger partial charge on any atom is 0.256 e. The van der Waals surface area contributed by atoms with Gasteiger partial charge >= 0.3 is 0 Å². The molecular formula is C36H36N2O8S3. The standard InChI is InChI=1S/C36H36N2O8S3/c1-6-23-37(47(39,40)32-15-7-26(2)8-16-32)24-30-13-21-35(45-30)29(5)36-22-14-31(46-36)25-38(48(41,42)33-17-9-27(3)10-18-33)49(43,44)34-19-11-28(4)12-20-34/h1,7-22,29H,23-25H2,2-5H3. The van der Waals surface area contributed by atoms with Crippen molar-refractivity contribution in [3.8, 4) is 12.3 Å². The van der Waals surface area contributed by atoms with E-state index in [-0.39, 0.29) is 33.5 Å². The summed E-state index contributed by atoms with van der Waals surface area (Å²) in [5.41, 5.74) is 2.55. The first-order chi connectivity index (χ1) is 23.1. The van der Waals surface area contributed by atoms with Gasteiger partial charge in [0.25, 0.3) is 20.0 Å². The molecule has 0 spiro atoms. The Morgan fingerprint density at radius 2 is 0.939 bits per heavy atom. The highest BCUT2D eigenvalue weighted by molar-refractivity contribution is 8.04. The Hall–Kier alpha value is -4.45. The molecule has 0 bridgehead atoms. The molecule has 10 nitrogen and oxygen atoms in total. The van der Waals surface area contributed by atoms with E-state index in [1.54, 1.807) is 75.4 Å². The van der Waals surface area contributed by atoms with Gasteiger partial charge in [0.15, 0.2) is 0 Å². The molecule has 2 aromatic heterocycles. The maximum atomic E-state index is 13.8. The lowest BCUT2D eigenvalue weighted by Crippen LogP contribution is -2.36. The first kappa shape index (κ1) is 35.8. The molecule has 0 radical (unpaired) electrons. The molecule has 13 heteroatoms. The third-order valence-corrected chi connectivity index (χ3v) is 14.0. The Balaban J connectivity index is 1.40. The van der Waals surface area contributed by atoms with Crippen molar-refractivity contribution in [2.75, 3.05) is 6.54 Å². The summed E-state index contributed by atoms with van der Waals surface area (Å²) < 4.78 is 95.7. The van der Waals surface area contributed by atoms with Crippen molar-refractivity contribution in [1.29, 1.82) is 0 Å². The van der Waals surface area contributed by atoms with E-state index in [2.05, 4.69) is 5.92 Å². The van der Waals surface area contributed by atoms with Crippen molar-refractivity contribution in [3.63, 3.8) is 0 Å². The van der Waals surface area contributed by atoms with Gasteiger partial charge in [-0.25, -0.2) is 25.3 Å². The second-order valence-corrected chi connectivity index (χ2v) is 17.6. The first-order valence-electron chi connectivity index (χ1n) is 15.2. The van der Waals surface area contributed by atoms with Crippen LogP contribution in [0.1, 0.15) is 52.6 Å². The van der Waals surface area contributed by atoms with Gasteiger partial charge in [0.1, 0.15) is 23.0 Å². The lowest BCUT2D eigenvalue weighted by molar-refractivity contribution is 0.359. The Bertz CT molecular complexity index is 2220. The average Bonchev–Trinajstić information content (AvgIpc) is 3.74. The van der Waals surface area contributed by atoms with Crippen molar-refractivity contribution in [2.24, 2.45) is 0 Å². The Labute approximate surface area is 288 Å². The second-order valence-electron chi connectivity index (χ2n) is 11.7.